The molecule has 1 aromatic heterocycles. The van der Waals surface area contributed by atoms with Crippen LogP contribution in [0.3, 0.4) is 0 Å². The lowest BCUT2D eigenvalue weighted by molar-refractivity contribution is 0.285. The van der Waals surface area contributed by atoms with Crippen LogP contribution in [0.1, 0.15) is 4.88 Å². The molecule has 0 fully saturated rings. The fourth-order valence-corrected chi connectivity index (χ4v) is 2.98. The van der Waals surface area contributed by atoms with Crippen molar-refractivity contribution in [3.8, 4) is 10.6 Å². The molecule has 2 nitrogen and oxygen atoms in total. The second-order valence-corrected chi connectivity index (χ2v) is 5.32. The Labute approximate surface area is 105 Å². The fourth-order valence-electron chi connectivity index (χ4n) is 1.17. The van der Waals surface area contributed by atoms with E-state index in [1.807, 2.05) is 18.2 Å². The number of hydrogen-bond acceptors (Lipinski definition) is 3. The van der Waals surface area contributed by atoms with Gasteiger partial charge in [0.15, 0.2) is 0 Å². The summed E-state index contributed by atoms with van der Waals surface area (Å²) in [6.07, 6.45) is 1.68. The highest BCUT2D eigenvalue weighted by molar-refractivity contribution is 9.10. The highest BCUT2D eigenvalue weighted by Gasteiger charge is 2.08. The molecule has 0 bridgehead atoms. The smallest absolute Gasteiger partial charge is 0.124 e. The quantitative estimate of drug-likeness (QED) is 0.917. The van der Waals surface area contributed by atoms with E-state index in [1.165, 1.54) is 11.3 Å². The minimum absolute atomic E-state index is 0.0306. The maximum absolute atomic E-state index is 8.95. The Morgan fingerprint density at radius 3 is 2.87 bits per heavy atom. The Balaban J connectivity index is 2.44. The molecule has 0 unspecified atom stereocenters. The third-order valence-electron chi connectivity index (χ3n) is 1.87. The molecule has 15 heavy (non-hydrogen) atoms. The van der Waals surface area contributed by atoms with Gasteiger partial charge in [-0.3, -0.25) is 0 Å². The van der Waals surface area contributed by atoms with Crippen LogP contribution >= 0.6 is 38.9 Å². The normalized spacial score (nSPS) is 10.6. The number of thiazole rings is 1. The first kappa shape index (κ1) is 11.1. The predicted molar refractivity (Wildman–Crippen MR) is 66.2 cm³/mol. The van der Waals surface area contributed by atoms with Gasteiger partial charge >= 0.3 is 0 Å². The third kappa shape index (κ3) is 2.39. The molecule has 0 atom stereocenters. The first-order valence-corrected chi connectivity index (χ1v) is 6.20. The van der Waals surface area contributed by atoms with Gasteiger partial charge in [-0.25, -0.2) is 4.98 Å². The van der Waals surface area contributed by atoms with Gasteiger partial charge in [-0.1, -0.05) is 27.5 Å². The van der Waals surface area contributed by atoms with Gasteiger partial charge < -0.3 is 5.11 Å². The maximum Gasteiger partial charge on any atom is 0.124 e. The van der Waals surface area contributed by atoms with Crippen molar-refractivity contribution in [2.24, 2.45) is 0 Å². The van der Waals surface area contributed by atoms with Crippen LogP contribution in [0.25, 0.3) is 10.6 Å². The van der Waals surface area contributed by atoms with Crippen molar-refractivity contribution >= 4 is 38.9 Å². The van der Waals surface area contributed by atoms with Gasteiger partial charge in [0, 0.05) is 21.3 Å². The number of aromatic nitrogens is 1. The minimum Gasteiger partial charge on any atom is -0.391 e. The van der Waals surface area contributed by atoms with Gasteiger partial charge in [-0.15, -0.1) is 11.3 Å². The summed E-state index contributed by atoms with van der Waals surface area (Å²) in [5, 5.41) is 10.5. The molecular formula is C10H7BrClNOS. The number of aliphatic hydroxyl groups excluding tert-OH is 1. The van der Waals surface area contributed by atoms with Gasteiger partial charge in [-0.05, 0) is 18.2 Å². The van der Waals surface area contributed by atoms with E-state index in [9.17, 15) is 0 Å². The lowest BCUT2D eigenvalue weighted by Crippen LogP contribution is -1.77. The van der Waals surface area contributed by atoms with Crippen LogP contribution in [0.2, 0.25) is 5.02 Å². The molecule has 2 rings (SSSR count). The number of hydrogen-bond donors (Lipinski definition) is 1. The number of nitrogens with zero attached hydrogens (tertiary/aromatic N) is 1. The number of aliphatic hydroxyl groups is 1. The highest BCUT2D eigenvalue weighted by atomic mass is 79.9. The summed E-state index contributed by atoms with van der Waals surface area (Å²) in [5.74, 6) is 0. The molecule has 1 N–H and O–H groups in total. The molecule has 0 saturated heterocycles. The summed E-state index contributed by atoms with van der Waals surface area (Å²) in [7, 11) is 0. The van der Waals surface area contributed by atoms with Gasteiger partial charge in [0.25, 0.3) is 0 Å². The Morgan fingerprint density at radius 1 is 1.47 bits per heavy atom. The van der Waals surface area contributed by atoms with Crippen molar-refractivity contribution in [3.63, 3.8) is 0 Å². The first-order valence-electron chi connectivity index (χ1n) is 4.21. The second-order valence-electron chi connectivity index (χ2n) is 2.91. The van der Waals surface area contributed by atoms with Crippen LogP contribution in [-0.4, -0.2) is 10.1 Å². The summed E-state index contributed by atoms with van der Waals surface area (Å²) in [6.45, 7) is 0.0306. The average Bonchev–Trinajstić information content (AvgIpc) is 2.66. The molecule has 0 radical (unpaired) electrons. The van der Waals surface area contributed by atoms with E-state index in [-0.39, 0.29) is 6.61 Å². The molecule has 0 aliphatic rings. The van der Waals surface area contributed by atoms with Gasteiger partial charge in [0.05, 0.1) is 11.5 Å². The van der Waals surface area contributed by atoms with Crippen molar-refractivity contribution < 1.29 is 5.11 Å². The largest absolute Gasteiger partial charge is 0.391 e. The van der Waals surface area contributed by atoms with Gasteiger partial charge in [-0.2, -0.15) is 0 Å². The molecule has 5 heteroatoms. The van der Waals surface area contributed by atoms with Gasteiger partial charge in [0.2, 0.25) is 0 Å². The Bertz CT molecular complexity index is 486. The predicted octanol–water partition coefficient (Wildman–Crippen LogP) is 3.72. The fraction of sp³-hybridized carbons (Fsp3) is 0.100. The first-order chi connectivity index (χ1) is 7.20. The van der Waals surface area contributed by atoms with Crippen LogP contribution in [0.5, 0.6) is 0 Å². The molecule has 0 aliphatic heterocycles. The van der Waals surface area contributed by atoms with Crippen molar-refractivity contribution in [2.45, 2.75) is 6.61 Å². The van der Waals surface area contributed by atoms with Crippen LogP contribution in [0.15, 0.2) is 28.9 Å². The SMILES string of the molecule is OCc1cnc(-c2ccc(Cl)cc2Br)s1. The summed E-state index contributed by atoms with van der Waals surface area (Å²) in [5.41, 5.74) is 0.990. The van der Waals surface area contributed by atoms with E-state index in [0.29, 0.717) is 5.02 Å². The summed E-state index contributed by atoms with van der Waals surface area (Å²) < 4.78 is 0.911. The minimum atomic E-state index is 0.0306. The number of benzene rings is 1. The average molecular weight is 305 g/mol. The van der Waals surface area contributed by atoms with E-state index in [0.717, 1.165) is 19.9 Å². The lowest BCUT2D eigenvalue weighted by atomic mass is 10.2. The van der Waals surface area contributed by atoms with E-state index in [1.54, 1.807) is 6.20 Å². The highest BCUT2D eigenvalue weighted by Crippen LogP contribution is 2.33. The Kier molecular flexibility index (Phi) is 3.41. The van der Waals surface area contributed by atoms with E-state index in [4.69, 9.17) is 16.7 Å². The van der Waals surface area contributed by atoms with Crippen LogP contribution in [-0.2, 0) is 6.61 Å². The summed E-state index contributed by atoms with van der Waals surface area (Å²) >= 11 is 10.8. The number of halogens is 2. The van der Waals surface area contributed by atoms with Crippen molar-refractivity contribution in [2.75, 3.05) is 0 Å². The Hall–Kier alpha value is -0.420. The van der Waals surface area contributed by atoms with E-state index < -0.39 is 0 Å². The van der Waals surface area contributed by atoms with Crippen molar-refractivity contribution in [1.29, 1.82) is 0 Å². The monoisotopic (exact) mass is 303 g/mol. The molecule has 0 amide bonds. The van der Waals surface area contributed by atoms with Crippen LogP contribution in [0.4, 0.5) is 0 Å². The standard InChI is InChI=1S/C10H7BrClNOS/c11-9-3-6(12)1-2-8(9)10-13-4-7(5-14)15-10/h1-4,14H,5H2. The van der Waals surface area contributed by atoms with Crippen molar-refractivity contribution in [1.82, 2.24) is 4.98 Å². The molecule has 2 aromatic rings. The molecular weight excluding hydrogens is 298 g/mol. The number of rotatable bonds is 2. The second kappa shape index (κ2) is 4.61. The zero-order valence-electron chi connectivity index (χ0n) is 7.58. The van der Waals surface area contributed by atoms with E-state index >= 15 is 0 Å². The maximum atomic E-state index is 8.95. The molecule has 0 aliphatic carbocycles. The zero-order chi connectivity index (χ0) is 10.8. The zero-order valence-corrected chi connectivity index (χ0v) is 10.7. The third-order valence-corrected chi connectivity index (χ3v) is 3.78. The van der Waals surface area contributed by atoms with Crippen molar-refractivity contribution in [3.05, 3.63) is 38.8 Å². The van der Waals surface area contributed by atoms with E-state index in [2.05, 4.69) is 20.9 Å². The molecule has 0 spiro atoms. The topological polar surface area (TPSA) is 33.1 Å². The molecule has 0 saturated carbocycles. The molecule has 1 heterocycles. The Morgan fingerprint density at radius 2 is 2.27 bits per heavy atom. The molecule has 78 valence electrons. The molecule has 1 aromatic carbocycles. The van der Waals surface area contributed by atoms with Crippen LogP contribution in [0, 0.1) is 0 Å². The summed E-state index contributed by atoms with van der Waals surface area (Å²) in [6, 6.07) is 5.56. The lowest BCUT2D eigenvalue weighted by Gasteiger charge is -2.00. The van der Waals surface area contributed by atoms with Gasteiger partial charge in [0.1, 0.15) is 5.01 Å². The summed E-state index contributed by atoms with van der Waals surface area (Å²) in [4.78, 5) is 5.09. The van der Waals surface area contributed by atoms with Crippen LogP contribution < -0.4 is 0 Å².